The van der Waals surface area contributed by atoms with Crippen molar-refractivity contribution in [1.82, 2.24) is 9.88 Å². The van der Waals surface area contributed by atoms with E-state index in [1.165, 1.54) is 60.9 Å². The number of hydrogen-bond donors (Lipinski definition) is 3. The zero-order valence-corrected chi connectivity index (χ0v) is 23.0. The molecule has 0 atom stereocenters. The molecule has 2 heterocycles. The van der Waals surface area contributed by atoms with Gasteiger partial charge < -0.3 is 25.0 Å². The zero-order valence-electron chi connectivity index (χ0n) is 23.0. The molecular formula is C33H35N3O4. The second kappa shape index (κ2) is 10.4. The second-order valence-corrected chi connectivity index (χ2v) is 11.4. The Hall–Kier alpha value is -4.26. The van der Waals surface area contributed by atoms with Gasteiger partial charge in [0.2, 0.25) is 5.91 Å². The van der Waals surface area contributed by atoms with Gasteiger partial charge in [-0.05, 0) is 74.6 Å². The Labute approximate surface area is 234 Å². The van der Waals surface area contributed by atoms with Gasteiger partial charge in [-0.15, -0.1) is 0 Å². The number of benzene rings is 3. The molecule has 1 aromatic heterocycles. The molecule has 1 saturated carbocycles. The van der Waals surface area contributed by atoms with Crippen LogP contribution < -0.4 is 15.4 Å². The summed E-state index contributed by atoms with van der Waals surface area (Å²) < 4.78 is 8.47. The van der Waals surface area contributed by atoms with E-state index < -0.39 is 5.54 Å². The molecule has 4 aromatic rings. The van der Waals surface area contributed by atoms with Crippen molar-refractivity contribution in [2.75, 3.05) is 11.9 Å². The Morgan fingerprint density at radius 3 is 2.58 bits per heavy atom. The molecule has 0 radical (unpaired) electrons. The van der Waals surface area contributed by atoms with Crippen molar-refractivity contribution in [3.8, 4) is 22.8 Å². The van der Waals surface area contributed by atoms with E-state index in [0.29, 0.717) is 30.3 Å². The van der Waals surface area contributed by atoms with Crippen molar-refractivity contribution in [2.24, 2.45) is 0 Å². The van der Waals surface area contributed by atoms with Gasteiger partial charge in [-0.3, -0.25) is 9.59 Å². The van der Waals surface area contributed by atoms with Crippen LogP contribution in [-0.2, 0) is 11.3 Å². The first-order chi connectivity index (χ1) is 19.3. The van der Waals surface area contributed by atoms with Gasteiger partial charge in [0.15, 0.2) is 0 Å². The lowest BCUT2D eigenvalue weighted by atomic mass is 9.81. The van der Waals surface area contributed by atoms with E-state index in [1.807, 2.05) is 24.3 Å². The van der Waals surface area contributed by atoms with E-state index >= 15 is 0 Å². The van der Waals surface area contributed by atoms with Gasteiger partial charge in [0.05, 0.1) is 12.2 Å². The predicted octanol–water partition coefficient (Wildman–Crippen LogP) is 6.60. The van der Waals surface area contributed by atoms with Crippen LogP contribution in [-0.4, -0.2) is 33.6 Å². The molecule has 7 heteroatoms. The van der Waals surface area contributed by atoms with E-state index in [-0.39, 0.29) is 17.6 Å². The Morgan fingerprint density at radius 1 is 0.975 bits per heavy atom. The molecule has 40 heavy (non-hydrogen) atoms. The summed E-state index contributed by atoms with van der Waals surface area (Å²) in [6.07, 6.45) is 6.08. The minimum absolute atomic E-state index is 0.0555. The number of phenols is 1. The number of rotatable bonds is 5. The topological polar surface area (TPSA) is 92.6 Å². The van der Waals surface area contributed by atoms with Crippen molar-refractivity contribution in [1.29, 1.82) is 0 Å². The number of carbonyl (C=O) groups excluding carboxylic acids is 2. The van der Waals surface area contributed by atoms with Crippen LogP contribution in [0.1, 0.15) is 67.8 Å². The molecule has 7 nitrogen and oxygen atoms in total. The van der Waals surface area contributed by atoms with Crippen molar-refractivity contribution >= 4 is 28.4 Å². The fourth-order valence-corrected chi connectivity index (χ4v) is 6.16. The lowest BCUT2D eigenvalue weighted by Crippen LogP contribution is -2.52. The van der Waals surface area contributed by atoms with Crippen LogP contribution in [0.4, 0.5) is 5.69 Å². The second-order valence-electron chi connectivity index (χ2n) is 11.4. The SMILES string of the molecule is CC(C)(NC(=O)c1ccc2c(C3CCCCC3)c3n(c2c1)CCOc1ccccc1-3)C(=O)Nc1cccc(O)c1. The molecule has 2 amide bonds. The smallest absolute Gasteiger partial charge is 0.252 e. The quantitative estimate of drug-likeness (QED) is 0.267. The normalized spacial score (nSPS) is 15.4. The molecule has 6 rings (SSSR count). The minimum atomic E-state index is -1.19. The van der Waals surface area contributed by atoms with Crippen LogP contribution in [0.15, 0.2) is 66.7 Å². The molecule has 1 fully saturated rings. The number of amides is 2. The fraction of sp³-hybridized carbons (Fsp3) is 0.333. The van der Waals surface area contributed by atoms with Gasteiger partial charge in [0, 0.05) is 33.8 Å². The molecule has 0 spiro atoms. The standard InChI is InChI=1S/C33H35N3O4/c1-33(2,32(39)34-23-11-8-12-24(37)20-23)35-31(38)22-15-16-25-27(19-22)36-17-18-40-28-14-7-6-13-26(28)30(36)29(25)21-9-4-3-5-10-21/h6-8,11-16,19-21,37H,3-5,9-10,17-18H2,1-2H3,(H,34,39)(H,35,38). The number of nitrogens with one attached hydrogen (secondary N) is 2. The highest BCUT2D eigenvalue weighted by Crippen LogP contribution is 2.47. The monoisotopic (exact) mass is 537 g/mol. The highest BCUT2D eigenvalue weighted by molar-refractivity contribution is 6.05. The first-order valence-corrected chi connectivity index (χ1v) is 14.1. The fourth-order valence-electron chi connectivity index (χ4n) is 6.16. The molecular weight excluding hydrogens is 502 g/mol. The summed E-state index contributed by atoms with van der Waals surface area (Å²) in [5.41, 5.74) is 4.47. The first-order valence-electron chi connectivity index (χ1n) is 14.1. The van der Waals surface area contributed by atoms with Crippen molar-refractivity contribution < 1.29 is 19.4 Å². The van der Waals surface area contributed by atoms with E-state index in [4.69, 9.17) is 4.74 Å². The Balaban J connectivity index is 1.36. The van der Waals surface area contributed by atoms with Crippen LogP contribution in [0.5, 0.6) is 11.5 Å². The molecule has 1 aliphatic heterocycles. The number of anilines is 1. The number of carbonyl (C=O) groups is 2. The highest BCUT2D eigenvalue weighted by atomic mass is 16.5. The summed E-state index contributed by atoms with van der Waals surface area (Å²) in [5.74, 6) is 0.729. The molecule has 0 bridgehead atoms. The molecule has 3 aromatic carbocycles. The maximum absolute atomic E-state index is 13.5. The minimum Gasteiger partial charge on any atom is -0.508 e. The Kier molecular flexibility index (Phi) is 6.74. The Morgan fingerprint density at radius 2 is 1.77 bits per heavy atom. The summed E-state index contributed by atoms with van der Waals surface area (Å²) in [5, 5.41) is 16.6. The van der Waals surface area contributed by atoms with Crippen LogP contribution in [0.3, 0.4) is 0 Å². The van der Waals surface area contributed by atoms with E-state index in [1.54, 1.807) is 26.0 Å². The highest BCUT2D eigenvalue weighted by Gasteiger charge is 2.32. The molecule has 206 valence electrons. The van der Waals surface area contributed by atoms with Crippen LogP contribution in [0, 0.1) is 0 Å². The number of aromatic hydroxyl groups is 1. The summed E-state index contributed by atoms with van der Waals surface area (Å²) >= 11 is 0. The zero-order chi connectivity index (χ0) is 27.9. The third kappa shape index (κ3) is 4.81. The number of ether oxygens (including phenoxy) is 1. The predicted molar refractivity (Wildman–Crippen MR) is 157 cm³/mol. The molecule has 1 aliphatic carbocycles. The number of nitrogens with zero attached hydrogens (tertiary/aromatic N) is 1. The van der Waals surface area contributed by atoms with E-state index in [9.17, 15) is 14.7 Å². The summed E-state index contributed by atoms with van der Waals surface area (Å²) in [7, 11) is 0. The van der Waals surface area contributed by atoms with Crippen molar-refractivity contribution in [3.63, 3.8) is 0 Å². The maximum atomic E-state index is 13.5. The number of aromatic nitrogens is 1. The number of para-hydroxylation sites is 1. The first kappa shape index (κ1) is 26.0. The van der Waals surface area contributed by atoms with E-state index in [2.05, 4.69) is 33.4 Å². The van der Waals surface area contributed by atoms with Gasteiger partial charge in [-0.25, -0.2) is 0 Å². The van der Waals surface area contributed by atoms with Gasteiger partial charge >= 0.3 is 0 Å². The maximum Gasteiger partial charge on any atom is 0.252 e. The summed E-state index contributed by atoms with van der Waals surface area (Å²) in [6, 6.07) is 20.5. The lowest BCUT2D eigenvalue weighted by molar-refractivity contribution is -0.120. The molecule has 2 aliphatic rings. The number of phenolic OH excluding ortho intramolecular Hbond substituents is 1. The van der Waals surface area contributed by atoms with Crippen molar-refractivity contribution in [3.05, 3.63) is 77.9 Å². The molecule has 0 unspecified atom stereocenters. The van der Waals surface area contributed by atoms with Gasteiger partial charge in [0.1, 0.15) is 23.6 Å². The average molecular weight is 538 g/mol. The van der Waals surface area contributed by atoms with Crippen LogP contribution >= 0.6 is 0 Å². The third-order valence-electron chi connectivity index (χ3n) is 8.19. The third-order valence-corrected chi connectivity index (χ3v) is 8.19. The van der Waals surface area contributed by atoms with Crippen LogP contribution in [0.25, 0.3) is 22.2 Å². The largest absolute Gasteiger partial charge is 0.508 e. The Bertz CT molecular complexity index is 1600. The van der Waals surface area contributed by atoms with Gasteiger partial charge in [0.25, 0.3) is 5.91 Å². The number of hydrogen-bond acceptors (Lipinski definition) is 4. The average Bonchev–Trinajstić information content (AvgIpc) is 3.14. The number of fused-ring (bicyclic) bond motifs is 5. The van der Waals surface area contributed by atoms with Gasteiger partial charge in [-0.1, -0.05) is 43.5 Å². The molecule has 0 saturated heterocycles. The summed E-state index contributed by atoms with van der Waals surface area (Å²) in [6.45, 7) is 4.58. The lowest BCUT2D eigenvalue weighted by Gasteiger charge is -2.25. The van der Waals surface area contributed by atoms with Gasteiger partial charge in [-0.2, -0.15) is 0 Å². The summed E-state index contributed by atoms with van der Waals surface area (Å²) in [4.78, 5) is 26.5. The molecule has 3 N–H and O–H groups in total. The van der Waals surface area contributed by atoms with Crippen molar-refractivity contribution in [2.45, 2.75) is 64.0 Å². The van der Waals surface area contributed by atoms with Crippen LogP contribution in [0.2, 0.25) is 0 Å². The van der Waals surface area contributed by atoms with E-state index in [0.717, 1.165) is 16.8 Å².